The molecule has 1 N–H and O–H groups in total. The summed E-state index contributed by atoms with van der Waals surface area (Å²) >= 11 is 5.80. The lowest BCUT2D eigenvalue weighted by atomic mass is 9.95. The van der Waals surface area contributed by atoms with Gasteiger partial charge >= 0.3 is 5.97 Å². The van der Waals surface area contributed by atoms with Gasteiger partial charge in [-0.3, -0.25) is 9.69 Å². The third-order valence-electron chi connectivity index (χ3n) is 5.36. The molecule has 3 rings (SSSR count). The summed E-state index contributed by atoms with van der Waals surface area (Å²) in [6.45, 7) is 3.70. The van der Waals surface area contributed by atoms with E-state index < -0.39 is 5.97 Å². The average molecular weight is 419 g/mol. The van der Waals surface area contributed by atoms with E-state index in [2.05, 4.69) is 10.2 Å². The second-order valence-corrected chi connectivity index (χ2v) is 7.68. The van der Waals surface area contributed by atoms with E-state index in [0.717, 1.165) is 0 Å². The highest BCUT2D eigenvalue weighted by molar-refractivity contribution is 6.30. The first kappa shape index (κ1) is 21.3. The van der Waals surface area contributed by atoms with Crippen LogP contribution in [0.3, 0.4) is 0 Å². The van der Waals surface area contributed by atoms with Gasteiger partial charge in [-0.2, -0.15) is 0 Å². The van der Waals surface area contributed by atoms with Crippen molar-refractivity contribution in [1.82, 2.24) is 4.90 Å². The number of hydrogen-bond acceptors (Lipinski definition) is 4. The largest absolute Gasteiger partial charge is 0.465 e. The number of esters is 1. The van der Waals surface area contributed by atoms with E-state index in [0.29, 0.717) is 59.9 Å². The Hall–Kier alpha value is -2.44. The van der Waals surface area contributed by atoms with Gasteiger partial charge in [-0.05, 0) is 62.7 Å². The molecule has 29 heavy (non-hydrogen) atoms. The van der Waals surface area contributed by atoms with E-state index >= 15 is 0 Å². The monoisotopic (exact) mass is 418 g/mol. The molecule has 1 fully saturated rings. The minimum atomic E-state index is -0.429. The highest BCUT2D eigenvalue weighted by Gasteiger charge is 2.26. The third-order valence-corrected chi connectivity index (χ3v) is 5.60. The van der Waals surface area contributed by atoms with Gasteiger partial charge in [0.15, 0.2) is 0 Å². The van der Waals surface area contributed by atoms with Crippen molar-refractivity contribution in [3.63, 3.8) is 0 Å². The number of piperidine rings is 1. The highest BCUT2D eigenvalue weighted by atomic mass is 35.5. The Kier molecular flexibility index (Phi) is 6.87. The molecule has 1 aliphatic heterocycles. The number of methoxy groups -OCH3 is 1. The lowest BCUT2D eigenvalue weighted by Gasteiger charge is -2.31. The quantitative estimate of drug-likeness (QED) is 0.730. The predicted molar refractivity (Wildman–Crippen MR) is 111 cm³/mol. The number of rotatable bonds is 5. The summed E-state index contributed by atoms with van der Waals surface area (Å²) in [6, 6.07) is 9.88. The predicted octanol–water partition coefficient (Wildman–Crippen LogP) is 4.42. The molecule has 0 unspecified atom stereocenters. The Morgan fingerprint density at radius 1 is 1.24 bits per heavy atom. The summed E-state index contributed by atoms with van der Waals surface area (Å²) < 4.78 is 18.8. The molecule has 7 heteroatoms. The number of likely N-dealkylation sites (tertiary alicyclic amines) is 1. The fourth-order valence-electron chi connectivity index (χ4n) is 3.58. The molecule has 0 aromatic heterocycles. The lowest BCUT2D eigenvalue weighted by molar-refractivity contribution is -0.121. The molecule has 0 spiro atoms. The maximum Gasteiger partial charge on any atom is 0.338 e. The van der Waals surface area contributed by atoms with Crippen LogP contribution in [0.5, 0.6) is 0 Å². The number of carbonyl (C=O) groups excluding carboxylic acids is 2. The van der Waals surface area contributed by atoms with Crippen LogP contribution in [-0.2, 0) is 16.1 Å². The first-order valence-corrected chi connectivity index (χ1v) is 9.92. The molecule has 0 bridgehead atoms. The molecule has 2 aromatic rings. The number of amides is 1. The molecule has 1 saturated heterocycles. The Morgan fingerprint density at radius 2 is 1.97 bits per heavy atom. The number of anilines is 1. The molecular formula is C22H24ClFN2O3. The lowest BCUT2D eigenvalue weighted by Crippen LogP contribution is -2.38. The van der Waals surface area contributed by atoms with Crippen molar-refractivity contribution in [2.24, 2.45) is 5.92 Å². The number of carbonyl (C=O) groups is 2. The van der Waals surface area contributed by atoms with Crippen molar-refractivity contribution in [1.29, 1.82) is 0 Å². The summed E-state index contributed by atoms with van der Waals surface area (Å²) in [5.74, 6) is -0.922. The van der Waals surface area contributed by atoms with Gasteiger partial charge in [-0.15, -0.1) is 0 Å². The number of hydrogen-bond donors (Lipinski definition) is 1. The van der Waals surface area contributed by atoms with Crippen LogP contribution in [-0.4, -0.2) is 37.0 Å². The molecule has 2 aromatic carbocycles. The summed E-state index contributed by atoms with van der Waals surface area (Å²) in [6.07, 6.45) is 1.38. The number of nitrogens with zero attached hydrogens (tertiary/aromatic N) is 1. The van der Waals surface area contributed by atoms with Gasteiger partial charge in [-0.1, -0.05) is 23.7 Å². The fourth-order valence-corrected chi connectivity index (χ4v) is 3.74. The van der Waals surface area contributed by atoms with Gasteiger partial charge in [0.25, 0.3) is 0 Å². The average Bonchev–Trinajstić information content (AvgIpc) is 2.71. The first-order valence-electron chi connectivity index (χ1n) is 9.54. The zero-order chi connectivity index (χ0) is 21.0. The van der Waals surface area contributed by atoms with Crippen LogP contribution in [0.1, 0.15) is 34.3 Å². The molecule has 0 atom stereocenters. The Bertz CT molecular complexity index is 911. The van der Waals surface area contributed by atoms with Gasteiger partial charge in [0.2, 0.25) is 5.91 Å². The molecule has 5 nitrogen and oxygen atoms in total. The van der Waals surface area contributed by atoms with Gasteiger partial charge in [-0.25, -0.2) is 9.18 Å². The van der Waals surface area contributed by atoms with Gasteiger partial charge in [0.05, 0.1) is 12.7 Å². The van der Waals surface area contributed by atoms with Crippen molar-refractivity contribution in [2.45, 2.75) is 26.3 Å². The molecule has 154 valence electrons. The van der Waals surface area contributed by atoms with Crippen molar-refractivity contribution in [3.8, 4) is 0 Å². The van der Waals surface area contributed by atoms with Crippen LogP contribution in [0.4, 0.5) is 10.1 Å². The Balaban J connectivity index is 1.57. The van der Waals surface area contributed by atoms with E-state index in [1.54, 1.807) is 37.3 Å². The van der Waals surface area contributed by atoms with Crippen molar-refractivity contribution >= 4 is 29.2 Å². The SMILES string of the molecule is COC(=O)c1cccc(NC(=O)C2CCN(Cc3ccc(Cl)cc3F)CC2)c1C. The van der Waals surface area contributed by atoms with E-state index in [1.807, 2.05) is 0 Å². The van der Waals surface area contributed by atoms with Gasteiger partial charge in [0.1, 0.15) is 5.82 Å². The molecule has 1 heterocycles. The zero-order valence-corrected chi connectivity index (χ0v) is 17.3. The minimum absolute atomic E-state index is 0.0626. The Labute approximate surface area is 174 Å². The van der Waals surface area contributed by atoms with Gasteiger partial charge < -0.3 is 10.1 Å². The van der Waals surface area contributed by atoms with E-state index in [-0.39, 0.29) is 17.6 Å². The molecular weight excluding hydrogens is 395 g/mol. The fraction of sp³-hybridized carbons (Fsp3) is 0.364. The van der Waals surface area contributed by atoms with Crippen LogP contribution in [0.25, 0.3) is 0 Å². The maximum absolute atomic E-state index is 14.0. The van der Waals surface area contributed by atoms with Crippen LogP contribution in [0, 0.1) is 18.7 Å². The normalized spacial score (nSPS) is 15.2. The summed E-state index contributed by atoms with van der Waals surface area (Å²) in [7, 11) is 1.33. The second kappa shape index (κ2) is 9.37. The smallest absolute Gasteiger partial charge is 0.338 e. The van der Waals surface area contributed by atoms with Crippen LogP contribution < -0.4 is 5.32 Å². The zero-order valence-electron chi connectivity index (χ0n) is 16.5. The maximum atomic E-state index is 14.0. The minimum Gasteiger partial charge on any atom is -0.465 e. The van der Waals surface area contributed by atoms with E-state index in [9.17, 15) is 14.0 Å². The van der Waals surface area contributed by atoms with Crippen molar-refractivity contribution in [2.75, 3.05) is 25.5 Å². The summed E-state index contributed by atoms with van der Waals surface area (Å²) in [5.41, 5.74) is 2.34. The first-order chi connectivity index (χ1) is 13.9. The molecule has 0 saturated carbocycles. The molecule has 0 aliphatic carbocycles. The standard InChI is InChI=1S/C22H24ClFN2O3/c1-14-18(22(28)29-2)4-3-5-20(14)25-21(27)15-8-10-26(11-9-15)13-16-6-7-17(23)12-19(16)24/h3-7,12,15H,8-11,13H2,1-2H3,(H,25,27). The summed E-state index contributed by atoms with van der Waals surface area (Å²) in [5, 5.41) is 3.32. The van der Waals surface area contributed by atoms with Crippen LogP contribution in [0.15, 0.2) is 36.4 Å². The number of benzene rings is 2. The van der Waals surface area contributed by atoms with Crippen LogP contribution in [0.2, 0.25) is 5.02 Å². The number of ether oxygens (including phenoxy) is 1. The number of nitrogens with one attached hydrogen (secondary N) is 1. The number of halogens is 2. The topological polar surface area (TPSA) is 58.6 Å². The van der Waals surface area contributed by atoms with Crippen molar-refractivity contribution < 1.29 is 18.7 Å². The molecule has 1 aliphatic rings. The highest BCUT2D eigenvalue weighted by Crippen LogP contribution is 2.25. The summed E-state index contributed by atoms with van der Waals surface area (Å²) in [4.78, 5) is 26.7. The molecule has 1 amide bonds. The van der Waals surface area contributed by atoms with Gasteiger partial charge in [0, 0.05) is 28.7 Å². The second-order valence-electron chi connectivity index (χ2n) is 7.25. The van der Waals surface area contributed by atoms with E-state index in [4.69, 9.17) is 16.3 Å². The molecule has 0 radical (unpaired) electrons. The van der Waals surface area contributed by atoms with Crippen molar-refractivity contribution in [3.05, 3.63) is 63.9 Å². The Morgan fingerprint density at radius 3 is 2.62 bits per heavy atom. The van der Waals surface area contributed by atoms with Crippen LogP contribution >= 0.6 is 11.6 Å². The van der Waals surface area contributed by atoms with E-state index in [1.165, 1.54) is 13.2 Å². The third kappa shape index (κ3) is 5.14.